The SMILES string of the molecule is CN1C(=O)[C@](NC=O)(C(CC=O)c2ccc(Br)cc2)c2ccccc21. The quantitative estimate of drug-likeness (QED) is 0.758. The Balaban J connectivity index is 2.25. The molecule has 0 aliphatic carbocycles. The highest BCUT2D eigenvalue weighted by atomic mass is 79.9. The Hall–Kier alpha value is -2.47. The Morgan fingerprint density at radius 2 is 1.84 bits per heavy atom. The molecule has 0 saturated carbocycles. The summed E-state index contributed by atoms with van der Waals surface area (Å²) in [6.45, 7) is 0. The summed E-state index contributed by atoms with van der Waals surface area (Å²) in [5.74, 6) is -0.766. The van der Waals surface area contributed by atoms with Gasteiger partial charge in [-0.2, -0.15) is 0 Å². The smallest absolute Gasteiger partial charge is 0.257 e. The largest absolute Gasteiger partial charge is 0.340 e. The summed E-state index contributed by atoms with van der Waals surface area (Å²) >= 11 is 3.39. The van der Waals surface area contributed by atoms with Crippen molar-refractivity contribution < 1.29 is 14.4 Å². The lowest BCUT2D eigenvalue weighted by molar-refractivity contribution is -0.128. The number of nitrogens with one attached hydrogen (secondary N) is 1. The second-order valence-corrected chi connectivity index (χ2v) is 6.87. The fourth-order valence-electron chi connectivity index (χ4n) is 3.61. The van der Waals surface area contributed by atoms with Crippen LogP contribution in [0.5, 0.6) is 0 Å². The zero-order valence-corrected chi connectivity index (χ0v) is 15.2. The van der Waals surface area contributed by atoms with E-state index in [9.17, 15) is 14.4 Å². The van der Waals surface area contributed by atoms with Gasteiger partial charge in [0, 0.05) is 35.1 Å². The molecule has 128 valence electrons. The molecule has 1 aliphatic heterocycles. The molecular weight excluding hydrogens is 384 g/mol. The lowest BCUT2D eigenvalue weighted by Crippen LogP contribution is -2.53. The Bertz CT molecular complexity index is 822. The molecule has 2 amide bonds. The summed E-state index contributed by atoms with van der Waals surface area (Å²) in [7, 11) is 1.68. The van der Waals surface area contributed by atoms with Crippen LogP contribution >= 0.6 is 15.9 Å². The summed E-state index contributed by atoms with van der Waals surface area (Å²) in [5.41, 5.74) is 0.935. The number of para-hydroxylation sites is 1. The molecule has 0 radical (unpaired) electrons. The lowest BCUT2D eigenvalue weighted by atomic mass is 9.73. The van der Waals surface area contributed by atoms with Gasteiger partial charge in [-0.25, -0.2) is 0 Å². The highest BCUT2D eigenvalue weighted by Gasteiger charge is 2.55. The number of carbonyl (C=O) groups is 3. The van der Waals surface area contributed by atoms with Crippen molar-refractivity contribution in [1.29, 1.82) is 0 Å². The minimum Gasteiger partial charge on any atom is -0.340 e. The number of fused-ring (bicyclic) bond motifs is 1. The third kappa shape index (κ3) is 2.66. The second kappa shape index (κ2) is 6.80. The number of hydrogen-bond donors (Lipinski definition) is 1. The maximum Gasteiger partial charge on any atom is 0.257 e. The molecule has 6 heteroatoms. The first-order chi connectivity index (χ1) is 12.1. The number of likely N-dealkylation sites (N-methyl/N-ethyl adjacent to an activating group) is 1. The molecule has 3 rings (SSSR count). The predicted octanol–water partition coefficient (Wildman–Crippen LogP) is 2.74. The molecule has 1 aliphatic rings. The zero-order valence-electron chi connectivity index (χ0n) is 13.6. The van der Waals surface area contributed by atoms with E-state index in [1.165, 1.54) is 4.90 Å². The van der Waals surface area contributed by atoms with Crippen LogP contribution < -0.4 is 10.2 Å². The monoisotopic (exact) mass is 400 g/mol. The fraction of sp³-hybridized carbons (Fsp3) is 0.211. The van der Waals surface area contributed by atoms with Crippen LogP contribution in [-0.4, -0.2) is 25.7 Å². The number of hydrogen-bond acceptors (Lipinski definition) is 3. The van der Waals surface area contributed by atoms with E-state index in [0.29, 0.717) is 12.0 Å². The molecule has 1 N–H and O–H groups in total. The molecule has 2 atom stereocenters. The molecule has 0 saturated heterocycles. The van der Waals surface area contributed by atoms with Gasteiger partial charge < -0.3 is 15.0 Å². The lowest BCUT2D eigenvalue weighted by Gasteiger charge is -2.35. The molecule has 0 spiro atoms. The third-order valence-corrected chi connectivity index (χ3v) is 5.27. The summed E-state index contributed by atoms with van der Waals surface area (Å²) < 4.78 is 0.897. The van der Waals surface area contributed by atoms with Gasteiger partial charge in [0.25, 0.3) is 5.91 Å². The summed E-state index contributed by atoms with van der Waals surface area (Å²) in [6.07, 6.45) is 1.43. The van der Waals surface area contributed by atoms with Crippen LogP contribution in [0.15, 0.2) is 53.0 Å². The van der Waals surface area contributed by atoms with Crippen molar-refractivity contribution in [1.82, 2.24) is 5.32 Å². The Morgan fingerprint density at radius 3 is 2.48 bits per heavy atom. The summed E-state index contributed by atoms with van der Waals surface area (Å²) in [4.78, 5) is 37.6. The van der Waals surface area contributed by atoms with Crippen LogP contribution in [-0.2, 0) is 19.9 Å². The van der Waals surface area contributed by atoms with E-state index < -0.39 is 11.5 Å². The van der Waals surface area contributed by atoms with Gasteiger partial charge in [0.2, 0.25) is 6.41 Å². The number of nitrogens with zero attached hydrogens (tertiary/aromatic N) is 1. The normalized spacial score (nSPS) is 20.1. The first-order valence-electron chi connectivity index (χ1n) is 7.84. The number of anilines is 1. The molecule has 5 nitrogen and oxygen atoms in total. The van der Waals surface area contributed by atoms with Crippen LogP contribution in [0.25, 0.3) is 0 Å². The van der Waals surface area contributed by atoms with Crippen molar-refractivity contribution in [2.75, 3.05) is 11.9 Å². The van der Waals surface area contributed by atoms with E-state index in [2.05, 4.69) is 21.2 Å². The van der Waals surface area contributed by atoms with Gasteiger partial charge in [-0.15, -0.1) is 0 Å². The third-order valence-electron chi connectivity index (χ3n) is 4.75. The standard InChI is InChI=1S/C19H17BrN2O3/c1-22-17-5-3-2-4-16(17)19(18(22)25,21-12-24)15(10-11-23)13-6-8-14(20)9-7-13/h2-9,11-12,15H,10H2,1H3,(H,21,24)/t15?,19-/m0/s1. The van der Waals surface area contributed by atoms with Gasteiger partial charge in [0.1, 0.15) is 6.29 Å². The molecule has 1 heterocycles. The highest BCUT2D eigenvalue weighted by molar-refractivity contribution is 9.10. The molecule has 0 bridgehead atoms. The molecule has 2 aromatic carbocycles. The van der Waals surface area contributed by atoms with Crippen molar-refractivity contribution in [2.24, 2.45) is 0 Å². The molecule has 0 fully saturated rings. The molecular formula is C19H17BrN2O3. The van der Waals surface area contributed by atoms with Gasteiger partial charge >= 0.3 is 0 Å². The van der Waals surface area contributed by atoms with Gasteiger partial charge in [-0.3, -0.25) is 9.59 Å². The number of carbonyl (C=O) groups excluding carboxylic acids is 3. The number of benzene rings is 2. The van der Waals surface area contributed by atoms with Gasteiger partial charge in [0.15, 0.2) is 5.54 Å². The maximum atomic E-state index is 13.2. The van der Waals surface area contributed by atoms with Crippen LogP contribution in [0, 0.1) is 0 Å². The van der Waals surface area contributed by atoms with E-state index in [0.717, 1.165) is 22.0 Å². The van der Waals surface area contributed by atoms with Gasteiger partial charge in [-0.05, 0) is 23.8 Å². The van der Waals surface area contributed by atoms with Crippen LogP contribution in [0.2, 0.25) is 0 Å². The first kappa shape index (κ1) is 17.4. The zero-order chi connectivity index (χ0) is 18.0. The van der Waals surface area contributed by atoms with Crippen molar-refractivity contribution in [3.63, 3.8) is 0 Å². The van der Waals surface area contributed by atoms with E-state index in [1.54, 1.807) is 7.05 Å². The van der Waals surface area contributed by atoms with E-state index in [-0.39, 0.29) is 12.3 Å². The van der Waals surface area contributed by atoms with Gasteiger partial charge in [-0.1, -0.05) is 46.3 Å². The number of aldehydes is 1. The Labute approximate surface area is 154 Å². The Kier molecular flexibility index (Phi) is 4.72. The topological polar surface area (TPSA) is 66.5 Å². The maximum absolute atomic E-state index is 13.2. The number of amides is 2. The average Bonchev–Trinajstić information content (AvgIpc) is 2.84. The second-order valence-electron chi connectivity index (χ2n) is 5.96. The fourth-order valence-corrected chi connectivity index (χ4v) is 3.88. The van der Waals surface area contributed by atoms with Crippen molar-refractivity contribution in [3.05, 3.63) is 64.1 Å². The van der Waals surface area contributed by atoms with Crippen molar-refractivity contribution in [3.8, 4) is 0 Å². The van der Waals surface area contributed by atoms with Crippen molar-refractivity contribution in [2.45, 2.75) is 17.9 Å². The van der Waals surface area contributed by atoms with Crippen LogP contribution in [0.3, 0.4) is 0 Å². The summed E-state index contributed by atoms with van der Waals surface area (Å²) in [6, 6.07) is 14.8. The average molecular weight is 401 g/mol. The molecule has 0 aromatic heterocycles. The minimum absolute atomic E-state index is 0.108. The number of rotatable bonds is 6. The Morgan fingerprint density at radius 1 is 1.16 bits per heavy atom. The van der Waals surface area contributed by atoms with E-state index in [1.807, 2.05) is 48.5 Å². The first-order valence-corrected chi connectivity index (χ1v) is 8.63. The van der Waals surface area contributed by atoms with Crippen LogP contribution in [0.4, 0.5) is 5.69 Å². The van der Waals surface area contributed by atoms with E-state index in [4.69, 9.17) is 0 Å². The van der Waals surface area contributed by atoms with Crippen molar-refractivity contribution >= 4 is 40.2 Å². The van der Waals surface area contributed by atoms with E-state index >= 15 is 0 Å². The van der Waals surface area contributed by atoms with Crippen LogP contribution in [0.1, 0.15) is 23.5 Å². The molecule has 25 heavy (non-hydrogen) atoms. The predicted molar refractivity (Wildman–Crippen MR) is 98.3 cm³/mol. The molecule has 2 aromatic rings. The highest BCUT2D eigenvalue weighted by Crippen LogP contribution is 2.48. The number of halogens is 1. The minimum atomic E-state index is -1.30. The molecule has 1 unspecified atom stereocenters. The van der Waals surface area contributed by atoms with Gasteiger partial charge in [0.05, 0.1) is 0 Å². The summed E-state index contributed by atoms with van der Waals surface area (Å²) in [5, 5.41) is 2.75.